The Morgan fingerprint density at radius 3 is 2.08 bits per heavy atom. The number of unbranched alkanes of at least 4 members (excludes halogenated alkanes) is 1. The number of thioether (sulfide) groups is 1. The number of amides is 3. The van der Waals surface area contributed by atoms with Gasteiger partial charge in [-0.25, -0.2) is 0 Å². The second-order valence-electron chi connectivity index (χ2n) is 11.3. The topological polar surface area (TPSA) is 106 Å². The van der Waals surface area contributed by atoms with Crippen LogP contribution in [0.2, 0.25) is 0 Å². The molecule has 0 aromatic heterocycles. The lowest BCUT2D eigenvalue weighted by Crippen LogP contribution is -2.30. The molecule has 0 saturated carbocycles. The second-order valence-corrected chi connectivity index (χ2v) is 12.4. The number of nitrogens with one attached hydrogen (secondary N) is 3. The fourth-order valence-electron chi connectivity index (χ4n) is 4.87. The molecular formula is C41H39N3O5S. The number of benzene rings is 5. The van der Waals surface area contributed by atoms with Crippen molar-refractivity contribution in [3.8, 4) is 11.5 Å². The summed E-state index contributed by atoms with van der Waals surface area (Å²) in [5.74, 6) is 0.302. The smallest absolute Gasteiger partial charge is 0.272 e. The third-order valence-corrected chi connectivity index (χ3v) is 8.79. The molecule has 0 aliphatic carbocycles. The van der Waals surface area contributed by atoms with Crippen LogP contribution in [0.5, 0.6) is 11.5 Å². The number of methoxy groups -OCH3 is 1. The lowest BCUT2D eigenvalue weighted by atomic mass is 10.1. The highest BCUT2D eigenvalue weighted by molar-refractivity contribution is 8.00. The minimum atomic E-state index is -0.539. The maximum Gasteiger partial charge on any atom is 0.272 e. The monoisotopic (exact) mass is 685 g/mol. The summed E-state index contributed by atoms with van der Waals surface area (Å²) in [6.07, 6.45) is 3.64. The van der Waals surface area contributed by atoms with Crippen molar-refractivity contribution in [3.63, 3.8) is 0 Å². The summed E-state index contributed by atoms with van der Waals surface area (Å²) in [7, 11) is 1.56. The van der Waals surface area contributed by atoms with Crippen LogP contribution in [-0.2, 0) is 9.59 Å². The molecule has 0 radical (unpaired) electrons. The van der Waals surface area contributed by atoms with E-state index in [4.69, 9.17) is 9.47 Å². The van der Waals surface area contributed by atoms with Crippen molar-refractivity contribution in [1.29, 1.82) is 0 Å². The SMILES string of the molecule is CCCCOc1ccc(NC(=O)C(Sc2ccc(NC(=O)/C(=C/c3cccc(OC)c3)NC(=O)c3ccccc3)cc2)c2ccccc2)cc1. The summed E-state index contributed by atoms with van der Waals surface area (Å²) in [5.41, 5.74) is 3.21. The zero-order valence-electron chi connectivity index (χ0n) is 27.9. The van der Waals surface area contributed by atoms with E-state index in [2.05, 4.69) is 22.9 Å². The van der Waals surface area contributed by atoms with Gasteiger partial charge in [0.15, 0.2) is 0 Å². The molecule has 50 heavy (non-hydrogen) atoms. The van der Waals surface area contributed by atoms with E-state index in [1.165, 1.54) is 11.8 Å². The first-order chi connectivity index (χ1) is 24.4. The van der Waals surface area contributed by atoms with E-state index in [-0.39, 0.29) is 11.6 Å². The summed E-state index contributed by atoms with van der Waals surface area (Å²) in [4.78, 5) is 41.0. The molecule has 0 heterocycles. The molecule has 3 N–H and O–H groups in total. The molecule has 5 aromatic carbocycles. The first-order valence-corrected chi connectivity index (χ1v) is 17.2. The van der Waals surface area contributed by atoms with E-state index in [9.17, 15) is 14.4 Å². The van der Waals surface area contributed by atoms with Gasteiger partial charge in [-0.15, -0.1) is 11.8 Å². The van der Waals surface area contributed by atoms with E-state index in [0.717, 1.165) is 29.1 Å². The number of rotatable bonds is 15. The molecule has 0 fully saturated rings. The van der Waals surface area contributed by atoms with E-state index in [0.29, 0.717) is 34.9 Å². The van der Waals surface area contributed by atoms with Crippen molar-refractivity contribution in [2.24, 2.45) is 0 Å². The van der Waals surface area contributed by atoms with E-state index in [1.54, 1.807) is 67.8 Å². The van der Waals surface area contributed by atoms with Gasteiger partial charge in [0.25, 0.3) is 11.8 Å². The number of hydrogen-bond donors (Lipinski definition) is 3. The molecule has 3 amide bonds. The van der Waals surface area contributed by atoms with Gasteiger partial charge in [0, 0.05) is 21.8 Å². The molecule has 1 atom stereocenters. The largest absolute Gasteiger partial charge is 0.497 e. The molecule has 0 aliphatic rings. The molecule has 8 nitrogen and oxygen atoms in total. The molecular weight excluding hydrogens is 647 g/mol. The minimum Gasteiger partial charge on any atom is -0.497 e. The lowest BCUT2D eigenvalue weighted by molar-refractivity contribution is -0.116. The van der Waals surface area contributed by atoms with Crippen molar-refractivity contribution in [2.45, 2.75) is 29.9 Å². The summed E-state index contributed by atoms with van der Waals surface area (Å²) < 4.78 is 11.1. The molecule has 5 rings (SSSR count). The van der Waals surface area contributed by atoms with E-state index >= 15 is 0 Å². The van der Waals surface area contributed by atoms with Crippen LogP contribution in [0, 0.1) is 0 Å². The van der Waals surface area contributed by atoms with Gasteiger partial charge in [-0.1, -0.05) is 74.0 Å². The summed E-state index contributed by atoms with van der Waals surface area (Å²) in [5, 5.41) is 8.14. The molecule has 0 spiro atoms. The zero-order chi connectivity index (χ0) is 35.1. The molecule has 0 saturated heterocycles. The molecule has 9 heteroatoms. The summed E-state index contributed by atoms with van der Waals surface area (Å²) in [6.45, 7) is 2.77. The third-order valence-electron chi connectivity index (χ3n) is 7.53. The number of carbonyl (C=O) groups is 3. The first-order valence-electron chi connectivity index (χ1n) is 16.3. The molecule has 0 bridgehead atoms. The van der Waals surface area contributed by atoms with E-state index < -0.39 is 17.1 Å². The highest BCUT2D eigenvalue weighted by Crippen LogP contribution is 2.37. The van der Waals surface area contributed by atoms with Gasteiger partial charge in [0.05, 0.1) is 13.7 Å². The minimum absolute atomic E-state index is 0.0620. The zero-order valence-corrected chi connectivity index (χ0v) is 28.7. The third kappa shape index (κ3) is 10.3. The van der Waals surface area contributed by atoms with Crippen LogP contribution in [0.3, 0.4) is 0 Å². The van der Waals surface area contributed by atoms with Crippen LogP contribution in [0.1, 0.15) is 46.5 Å². The number of ether oxygens (including phenoxy) is 2. The van der Waals surface area contributed by atoms with Crippen molar-refractivity contribution in [1.82, 2.24) is 5.32 Å². The Hall–Kier alpha value is -5.80. The standard InChI is InChI=1S/C41H39N3O5S/c1-3-4-26-49-34-22-18-32(19-23-34)43-41(47)38(30-13-7-5-8-14-30)50-36-24-20-33(21-25-36)42-40(46)37(28-29-12-11-17-35(27-29)48-2)44-39(45)31-15-9-6-10-16-31/h5-25,27-28,38H,3-4,26H2,1-2H3,(H,42,46)(H,43,47)(H,44,45)/b37-28-. The predicted octanol–water partition coefficient (Wildman–Crippen LogP) is 8.76. The van der Waals surface area contributed by atoms with Gasteiger partial charge in [-0.2, -0.15) is 0 Å². The van der Waals surface area contributed by atoms with Crippen LogP contribution in [-0.4, -0.2) is 31.4 Å². The van der Waals surface area contributed by atoms with E-state index in [1.807, 2.05) is 78.9 Å². The average Bonchev–Trinajstić information content (AvgIpc) is 3.15. The molecule has 5 aromatic rings. The normalized spacial score (nSPS) is 11.6. The van der Waals surface area contributed by atoms with Gasteiger partial charge >= 0.3 is 0 Å². The van der Waals surface area contributed by atoms with Crippen LogP contribution in [0.4, 0.5) is 11.4 Å². The van der Waals surface area contributed by atoms with Gasteiger partial charge < -0.3 is 25.4 Å². The Balaban J connectivity index is 1.29. The quantitative estimate of drug-likeness (QED) is 0.0578. The molecule has 254 valence electrons. The van der Waals surface area contributed by atoms with Gasteiger partial charge in [-0.3, -0.25) is 14.4 Å². The maximum absolute atomic E-state index is 13.6. The number of carbonyl (C=O) groups excluding carboxylic acids is 3. The fourth-order valence-corrected chi connectivity index (χ4v) is 5.89. The van der Waals surface area contributed by atoms with Crippen LogP contribution >= 0.6 is 11.8 Å². The molecule has 1 unspecified atom stereocenters. The molecule has 0 aliphatic heterocycles. The van der Waals surface area contributed by atoms with Gasteiger partial charge in [-0.05, 0) is 96.4 Å². The van der Waals surface area contributed by atoms with Crippen LogP contribution < -0.4 is 25.4 Å². The Labute approximate surface area is 296 Å². The fraction of sp³-hybridized carbons (Fsp3) is 0.146. The average molecular weight is 686 g/mol. The summed E-state index contributed by atoms with van der Waals surface area (Å²) in [6, 6.07) is 40.1. The highest BCUT2D eigenvalue weighted by Gasteiger charge is 2.23. The highest BCUT2D eigenvalue weighted by atomic mass is 32.2. The number of anilines is 2. The first kappa shape index (κ1) is 35.5. The van der Waals surface area contributed by atoms with Crippen molar-refractivity contribution in [2.75, 3.05) is 24.4 Å². The Morgan fingerprint density at radius 1 is 0.740 bits per heavy atom. The van der Waals surface area contributed by atoms with Crippen molar-refractivity contribution >= 4 is 46.9 Å². The Morgan fingerprint density at radius 2 is 1.40 bits per heavy atom. The Kier molecular flexibility index (Phi) is 12.9. The van der Waals surface area contributed by atoms with Crippen molar-refractivity contribution in [3.05, 3.63) is 156 Å². The lowest BCUT2D eigenvalue weighted by Gasteiger charge is -2.18. The second kappa shape index (κ2) is 18.1. The Bertz CT molecular complexity index is 1900. The van der Waals surface area contributed by atoms with Crippen LogP contribution in [0.15, 0.2) is 144 Å². The van der Waals surface area contributed by atoms with Gasteiger partial charge in [0.2, 0.25) is 5.91 Å². The summed E-state index contributed by atoms with van der Waals surface area (Å²) >= 11 is 1.40. The van der Waals surface area contributed by atoms with Crippen LogP contribution in [0.25, 0.3) is 6.08 Å². The predicted molar refractivity (Wildman–Crippen MR) is 200 cm³/mol. The maximum atomic E-state index is 13.6. The number of hydrogen-bond acceptors (Lipinski definition) is 6. The van der Waals surface area contributed by atoms with Crippen molar-refractivity contribution < 1.29 is 23.9 Å². The van der Waals surface area contributed by atoms with Gasteiger partial charge in [0.1, 0.15) is 22.4 Å².